The Labute approximate surface area is 100 Å². The molecule has 1 heterocycles. The molecule has 0 aliphatic heterocycles. The summed E-state index contributed by atoms with van der Waals surface area (Å²) >= 11 is 0. The highest BCUT2D eigenvalue weighted by Gasteiger charge is 2.06. The van der Waals surface area contributed by atoms with Crippen molar-refractivity contribution in [1.82, 2.24) is 4.98 Å². The molecule has 0 unspecified atom stereocenters. The first-order chi connectivity index (χ1) is 8.31. The lowest BCUT2D eigenvalue weighted by atomic mass is 10.1. The lowest BCUT2D eigenvalue weighted by molar-refractivity contribution is -0.143. The molecular weight excluding hydrogens is 214 g/mol. The van der Waals surface area contributed by atoms with Gasteiger partial charge in [0.2, 0.25) is 0 Å². The Morgan fingerprint density at radius 2 is 2.12 bits per heavy atom. The molecule has 0 amide bonds. The molecule has 0 radical (unpaired) electrons. The second-order valence-electron chi connectivity index (χ2n) is 3.78. The highest BCUT2D eigenvalue weighted by atomic mass is 16.5. The largest absolute Gasteiger partial charge is 0.466 e. The van der Waals surface area contributed by atoms with E-state index in [1.807, 2.05) is 37.3 Å². The third-order valence-corrected chi connectivity index (χ3v) is 2.63. The zero-order valence-electron chi connectivity index (χ0n) is 9.85. The van der Waals surface area contributed by atoms with Crippen molar-refractivity contribution in [2.75, 3.05) is 6.61 Å². The van der Waals surface area contributed by atoms with Crippen LogP contribution in [0.2, 0.25) is 0 Å². The van der Waals surface area contributed by atoms with E-state index in [9.17, 15) is 4.79 Å². The van der Waals surface area contributed by atoms with Crippen molar-refractivity contribution in [2.45, 2.75) is 19.8 Å². The predicted octanol–water partition coefficient (Wildman–Crippen LogP) is 2.73. The molecule has 0 atom stereocenters. The second-order valence-corrected chi connectivity index (χ2v) is 3.78. The first kappa shape index (κ1) is 11.6. The first-order valence-corrected chi connectivity index (χ1v) is 5.79. The Bertz CT molecular complexity index is 517. The van der Waals surface area contributed by atoms with Crippen molar-refractivity contribution in [1.29, 1.82) is 0 Å². The Morgan fingerprint density at radius 1 is 1.29 bits per heavy atom. The SMILES string of the molecule is CCOC(=O)CCc1nccc2ccccc12. The molecule has 1 aromatic heterocycles. The van der Waals surface area contributed by atoms with Crippen LogP contribution >= 0.6 is 0 Å². The number of rotatable bonds is 4. The van der Waals surface area contributed by atoms with Crippen LogP contribution in [0.1, 0.15) is 19.0 Å². The van der Waals surface area contributed by atoms with Crippen molar-refractivity contribution in [3.05, 3.63) is 42.2 Å². The summed E-state index contributed by atoms with van der Waals surface area (Å²) in [7, 11) is 0. The number of hydrogen-bond donors (Lipinski definition) is 0. The van der Waals surface area contributed by atoms with Gasteiger partial charge in [-0.3, -0.25) is 9.78 Å². The van der Waals surface area contributed by atoms with Crippen molar-refractivity contribution >= 4 is 16.7 Å². The van der Waals surface area contributed by atoms with Crippen molar-refractivity contribution in [3.8, 4) is 0 Å². The monoisotopic (exact) mass is 229 g/mol. The maximum Gasteiger partial charge on any atom is 0.306 e. The van der Waals surface area contributed by atoms with E-state index < -0.39 is 0 Å². The third-order valence-electron chi connectivity index (χ3n) is 2.63. The van der Waals surface area contributed by atoms with Gasteiger partial charge in [-0.25, -0.2) is 0 Å². The molecule has 3 nitrogen and oxygen atoms in total. The number of benzene rings is 1. The Hall–Kier alpha value is -1.90. The number of esters is 1. The van der Waals surface area contributed by atoms with Gasteiger partial charge in [-0.15, -0.1) is 0 Å². The van der Waals surface area contributed by atoms with Crippen molar-refractivity contribution in [2.24, 2.45) is 0 Å². The zero-order chi connectivity index (χ0) is 12.1. The van der Waals surface area contributed by atoms with Crippen LogP contribution in [-0.4, -0.2) is 17.6 Å². The fourth-order valence-corrected chi connectivity index (χ4v) is 1.84. The molecule has 3 heteroatoms. The summed E-state index contributed by atoms with van der Waals surface area (Å²) in [5, 5.41) is 2.26. The van der Waals surface area contributed by atoms with Gasteiger partial charge in [0.05, 0.1) is 13.0 Å². The Morgan fingerprint density at radius 3 is 2.94 bits per heavy atom. The van der Waals surface area contributed by atoms with Crippen LogP contribution in [0.25, 0.3) is 10.8 Å². The van der Waals surface area contributed by atoms with Crippen LogP contribution in [-0.2, 0) is 16.0 Å². The summed E-state index contributed by atoms with van der Waals surface area (Å²) in [6, 6.07) is 10.0. The van der Waals surface area contributed by atoms with Crippen LogP contribution in [0.4, 0.5) is 0 Å². The minimum atomic E-state index is -0.165. The van der Waals surface area contributed by atoms with Gasteiger partial charge >= 0.3 is 5.97 Å². The van der Waals surface area contributed by atoms with E-state index in [1.165, 1.54) is 0 Å². The van der Waals surface area contributed by atoms with Crippen molar-refractivity contribution < 1.29 is 9.53 Å². The minimum Gasteiger partial charge on any atom is -0.466 e. The van der Waals surface area contributed by atoms with E-state index in [0.717, 1.165) is 16.5 Å². The summed E-state index contributed by atoms with van der Waals surface area (Å²) < 4.78 is 4.91. The standard InChI is InChI=1S/C14H15NO2/c1-2-17-14(16)8-7-13-12-6-4-3-5-11(12)9-10-15-13/h3-6,9-10H,2,7-8H2,1H3. The number of carbonyl (C=O) groups excluding carboxylic acids is 1. The predicted molar refractivity (Wildman–Crippen MR) is 66.7 cm³/mol. The van der Waals surface area contributed by atoms with E-state index in [2.05, 4.69) is 4.98 Å². The average molecular weight is 229 g/mol. The molecule has 2 rings (SSSR count). The van der Waals surface area contributed by atoms with Crippen molar-refractivity contribution in [3.63, 3.8) is 0 Å². The Kier molecular flexibility index (Phi) is 3.70. The molecule has 0 aliphatic rings. The van der Waals surface area contributed by atoms with Gasteiger partial charge in [0.15, 0.2) is 0 Å². The molecule has 0 spiro atoms. The molecule has 0 saturated carbocycles. The highest BCUT2D eigenvalue weighted by molar-refractivity contribution is 5.84. The normalized spacial score (nSPS) is 10.4. The molecule has 17 heavy (non-hydrogen) atoms. The molecule has 2 aromatic rings. The van der Waals surface area contributed by atoms with Gasteiger partial charge in [-0.1, -0.05) is 24.3 Å². The molecule has 0 bridgehead atoms. The number of pyridine rings is 1. The topological polar surface area (TPSA) is 39.2 Å². The number of aryl methyl sites for hydroxylation is 1. The van der Waals surface area contributed by atoms with Crippen LogP contribution in [0.3, 0.4) is 0 Å². The van der Waals surface area contributed by atoms with Crippen LogP contribution in [0.5, 0.6) is 0 Å². The summed E-state index contributed by atoms with van der Waals surface area (Å²) in [6.07, 6.45) is 2.79. The van der Waals surface area contributed by atoms with E-state index >= 15 is 0 Å². The summed E-state index contributed by atoms with van der Waals surface area (Å²) in [6.45, 7) is 2.25. The molecule has 88 valence electrons. The molecular formula is C14H15NO2. The van der Waals surface area contributed by atoms with Crippen LogP contribution in [0, 0.1) is 0 Å². The number of fused-ring (bicyclic) bond motifs is 1. The number of ether oxygens (including phenoxy) is 1. The molecule has 0 saturated heterocycles. The van der Waals surface area contributed by atoms with Crippen LogP contribution < -0.4 is 0 Å². The van der Waals surface area contributed by atoms with Gasteiger partial charge < -0.3 is 4.74 Å². The zero-order valence-corrected chi connectivity index (χ0v) is 9.85. The number of carbonyl (C=O) groups is 1. The molecule has 0 fully saturated rings. The maximum absolute atomic E-state index is 11.3. The lowest BCUT2D eigenvalue weighted by Gasteiger charge is -2.05. The third kappa shape index (κ3) is 2.81. The smallest absolute Gasteiger partial charge is 0.306 e. The number of nitrogens with zero attached hydrogens (tertiary/aromatic N) is 1. The van der Waals surface area contributed by atoms with Gasteiger partial charge in [-0.2, -0.15) is 0 Å². The Balaban J connectivity index is 2.16. The highest BCUT2D eigenvalue weighted by Crippen LogP contribution is 2.17. The lowest BCUT2D eigenvalue weighted by Crippen LogP contribution is -2.06. The number of aromatic nitrogens is 1. The number of hydrogen-bond acceptors (Lipinski definition) is 3. The van der Waals surface area contributed by atoms with Gasteiger partial charge in [0.25, 0.3) is 0 Å². The van der Waals surface area contributed by atoms with Crippen LogP contribution in [0.15, 0.2) is 36.5 Å². The summed E-state index contributed by atoms with van der Waals surface area (Å²) in [5.41, 5.74) is 0.955. The van der Waals surface area contributed by atoms with E-state index in [1.54, 1.807) is 6.20 Å². The quantitative estimate of drug-likeness (QED) is 0.757. The molecule has 1 aromatic carbocycles. The first-order valence-electron chi connectivity index (χ1n) is 5.79. The summed E-state index contributed by atoms with van der Waals surface area (Å²) in [4.78, 5) is 15.6. The van der Waals surface area contributed by atoms with Gasteiger partial charge in [0.1, 0.15) is 0 Å². The maximum atomic E-state index is 11.3. The average Bonchev–Trinajstić information content (AvgIpc) is 2.36. The van der Waals surface area contributed by atoms with E-state index in [-0.39, 0.29) is 5.97 Å². The van der Waals surface area contributed by atoms with E-state index in [0.29, 0.717) is 19.4 Å². The second kappa shape index (κ2) is 5.43. The van der Waals surface area contributed by atoms with Gasteiger partial charge in [0, 0.05) is 23.7 Å². The fraction of sp³-hybridized carbons (Fsp3) is 0.286. The van der Waals surface area contributed by atoms with Gasteiger partial charge in [-0.05, 0) is 18.4 Å². The minimum absolute atomic E-state index is 0.165. The van der Waals surface area contributed by atoms with E-state index in [4.69, 9.17) is 4.74 Å². The molecule has 0 N–H and O–H groups in total. The fourth-order valence-electron chi connectivity index (χ4n) is 1.84. The molecule has 0 aliphatic carbocycles. The summed E-state index contributed by atoms with van der Waals surface area (Å²) in [5.74, 6) is -0.165.